The number of tetrazole rings is 1. The minimum absolute atomic E-state index is 0.0934. The predicted octanol–water partition coefficient (Wildman–Crippen LogP) is 4.02. The van der Waals surface area contributed by atoms with Gasteiger partial charge in [-0.05, 0) is 127 Å². The van der Waals surface area contributed by atoms with Crippen molar-refractivity contribution < 1.29 is 37.1 Å². The van der Waals surface area contributed by atoms with Crippen molar-refractivity contribution in [3.8, 4) is 17.1 Å². The first kappa shape index (κ1) is 43.5. The molecule has 17 nitrogen and oxygen atoms in total. The monoisotopic (exact) mass is 851 g/mol. The van der Waals surface area contributed by atoms with Crippen LogP contribution in [0.2, 0.25) is 0 Å². The molecule has 3 aliphatic carbocycles. The van der Waals surface area contributed by atoms with E-state index in [-0.39, 0.29) is 18.9 Å². The molecule has 3 heterocycles. The molecule has 0 spiro atoms. The molecule has 1 aromatic heterocycles. The molecule has 60 heavy (non-hydrogen) atoms. The SMILES string of the molecule is COc1ccc(-c2nnn([C@@H]3CC4C(=O)NC5(C(=O)NS(=O)(=O)C6CC6)CC5/C=C\CCCCCC(NC(=O)OC5CCCC5)C(=O)N4[C@H]3CCCCCN(C)C)n2)cc1. The van der Waals surface area contributed by atoms with E-state index < -0.39 is 74.7 Å². The molecule has 1 aromatic carbocycles. The zero-order valence-electron chi connectivity index (χ0n) is 35.1. The number of nitrogens with one attached hydrogen (secondary N) is 3. The number of benzene rings is 1. The second-order valence-electron chi connectivity index (χ2n) is 17.5. The highest BCUT2D eigenvalue weighted by atomic mass is 32.2. The van der Waals surface area contributed by atoms with Crippen LogP contribution in [0.3, 0.4) is 0 Å². The highest BCUT2D eigenvalue weighted by Crippen LogP contribution is 2.47. The third-order valence-electron chi connectivity index (χ3n) is 12.7. The first-order chi connectivity index (χ1) is 28.9. The topological polar surface area (TPSA) is 207 Å². The van der Waals surface area contributed by atoms with Crippen molar-refractivity contribution >= 4 is 33.8 Å². The van der Waals surface area contributed by atoms with Gasteiger partial charge < -0.3 is 29.9 Å². The Kier molecular flexibility index (Phi) is 13.8. The highest BCUT2D eigenvalue weighted by molar-refractivity contribution is 7.91. The molecule has 1 saturated heterocycles. The lowest BCUT2D eigenvalue weighted by Crippen LogP contribution is -2.59. The third-order valence-corrected chi connectivity index (χ3v) is 14.5. The predicted molar refractivity (Wildman–Crippen MR) is 222 cm³/mol. The van der Waals surface area contributed by atoms with Crippen LogP contribution in [-0.4, -0.2) is 125 Å². The Bertz CT molecular complexity index is 1980. The van der Waals surface area contributed by atoms with E-state index in [1.807, 2.05) is 38.4 Å². The highest BCUT2D eigenvalue weighted by Gasteiger charge is 2.62. The minimum atomic E-state index is -3.91. The van der Waals surface area contributed by atoms with Crippen LogP contribution in [0.15, 0.2) is 36.4 Å². The number of carbonyl (C=O) groups is 4. The Morgan fingerprint density at radius 2 is 1.73 bits per heavy atom. The molecule has 4 unspecified atom stereocenters. The van der Waals surface area contributed by atoms with Crippen molar-refractivity contribution in [2.24, 2.45) is 5.92 Å². The normalized spacial score (nSPS) is 28.2. The summed E-state index contributed by atoms with van der Waals surface area (Å²) < 4.78 is 39.4. The van der Waals surface area contributed by atoms with Crippen molar-refractivity contribution in [3.63, 3.8) is 0 Å². The van der Waals surface area contributed by atoms with Gasteiger partial charge in [0, 0.05) is 17.9 Å². The molecule has 0 radical (unpaired) electrons. The molecule has 2 aromatic rings. The van der Waals surface area contributed by atoms with Gasteiger partial charge >= 0.3 is 6.09 Å². The van der Waals surface area contributed by atoms with Gasteiger partial charge in [-0.2, -0.15) is 4.80 Å². The Morgan fingerprint density at radius 1 is 0.983 bits per heavy atom. The van der Waals surface area contributed by atoms with E-state index in [4.69, 9.17) is 14.6 Å². The van der Waals surface area contributed by atoms with E-state index in [9.17, 15) is 22.8 Å². The van der Waals surface area contributed by atoms with Gasteiger partial charge in [-0.1, -0.05) is 37.8 Å². The summed E-state index contributed by atoms with van der Waals surface area (Å²) in [5.74, 6) is -1.19. The number of hydrogen-bond acceptors (Lipinski definition) is 12. The van der Waals surface area contributed by atoms with E-state index in [0.717, 1.165) is 64.3 Å². The van der Waals surface area contributed by atoms with E-state index >= 15 is 4.79 Å². The van der Waals surface area contributed by atoms with Gasteiger partial charge in [0.05, 0.1) is 24.4 Å². The number of methoxy groups -OCH3 is 1. The number of aromatic nitrogens is 4. The summed E-state index contributed by atoms with van der Waals surface area (Å²) in [6, 6.07) is 3.97. The smallest absolute Gasteiger partial charge is 0.408 e. The van der Waals surface area contributed by atoms with Crippen molar-refractivity contribution in [1.29, 1.82) is 0 Å². The molecule has 0 bridgehead atoms. The molecule has 4 fully saturated rings. The third kappa shape index (κ3) is 10.3. The van der Waals surface area contributed by atoms with Crippen LogP contribution < -0.4 is 20.1 Å². The quantitative estimate of drug-likeness (QED) is 0.182. The van der Waals surface area contributed by atoms with Crippen LogP contribution in [0, 0.1) is 5.92 Å². The lowest BCUT2D eigenvalue weighted by molar-refractivity contribution is -0.143. The lowest BCUT2D eigenvalue weighted by Gasteiger charge is -2.34. The summed E-state index contributed by atoms with van der Waals surface area (Å²) >= 11 is 0. The number of hydrogen-bond donors (Lipinski definition) is 3. The molecular formula is C42H61N9O8S. The first-order valence-electron chi connectivity index (χ1n) is 21.8. The molecule has 3 N–H and O–H groups in total. The molecular weight excluding hydrogens is 791 g/mol. The van der Waals surface area contributed by atoms with Gasteiger partial charge in [-0.25, -0.2) is 13.2 Å². The van der Waals surface area contributed by atoms with Crippen molar-refractivity contribution in [2.45, 2.75) is 150 Å². The van der Waals surface area contributed by atoms with Crippen LogP contribution in [0.5, 0.6) is 5.75 Å². The molecule has 6 atom stereocenters. The Labute approximate surface area is 352 Å². The van der Waals surface area contributed by atoms with Gasteiger partial charge in [0.2, 0.25) is 27.7 Å². The standard InChI is InChI=1S/C42H61N9O8S/c1-49(2)25-13-7-10-18-34-35(51-46-37(45-48-51)28-19-21-30(58-3)22-20-28)26-36-38(52)44-42(40(54)47-60(56,57)32-23-24-32)27-29(42)14-8-5-4-6-9-17-33(39(53)50(34)36)43-41(55)59-31-15-11-12-16-31/h8,14,19-22,29,31-36H,4-7,9-13,15-18,23-27H2,1-3H3,(H,43,55)(H,44,52)(H,47,54)/b14-8-/t29?,33?,34-,35+,36?,42?/m0/s1. The number of fused-ring (bicyclic) bond motifs is 2. The first-order valence-corrected chi connectivity index (χ1v) is 23.4. The summed E-state index contributed by atoms with van der Waals surface area (Å²) in [6.07, 6.45) is 14.0. The zero-order chi connectivity index (χ0) is 42.4. The summed E-state index contributed by atoms with van der Waals surface area (Å²) in [6.45, 7) is 0.892. The van der Waals surface area contributed by atoms with Gasteiger partial charge in [0.25, 0.3) is 5.91 Å². The van der Waals surface area contributed by atoms with Crippen LogP contribution in [0.1, 0.15) is 115 Å². The van der Waals surface area contributed by atoms with E-state index in [2.05, 4.69) is 30.6 Å². The molecule has 7 rings (SSSR count). The largest absolute Gasteiger partial charge is 0.497 e. The number of nitrogens with zero attached hydrogens (tertiary/aromatic N) is 6. The zero-order valence-corrected chi connectivity index (χ0v) is 35.9. The van der Waals surface area contributed by atoms with Crippen molar-refractivity contribution in [3.05, 3.63) is 36.4 Å². The lowest BCUT2D eigenvalue weighted by atomic mass is 10.0. The molecule has 2 aliphatic heterocycles. The van der Waals surface area contributed by atoms with Crippen LogP contribution in [-0.2, 0) is 29.1 Å². The molecule has 5 aliphatic rings. The molecule has 4 amide bonds. The van der Waals surface area contributed by atoms with E-state index in [1.54, 1.807) is 24.1 Å². The molecule has 3 saturated carbocycles. The maximum atomic E-state index is 15.2. The number of rotatable bonds is 14. The van der Waals surface area contributed by atoms with Gasteiger partial charge in [0.1, 0.15) is 29.5 Å². The van der Waals surface area contributed by atoms with Crippen molar-refractivity contribution in [2.75, 3.05) is 27.7 Å². The van der Waals surface area contributed by atoms with Gasteiger partial charge in [-0.15, -0.1) is 10.2 Å². The van der Waals surface area contributed by atoms with Crippen LogP contribution in [0.25, 0.3) is 11.4 Å². The van der Waals surface area contributed by atoms with Crippen molar-refractivity contribution in [1.82, 2.24) is 45.4 Å². The number of alkyl carbamates (subject to hydrolysis) is 1. The second kappa shape index (κ2) is 19.0. The summed E-state index contributed by atoms with van der Waals surface area (Å²) in [4.78, 5) is 62.7. The van der Waals surface area contributed by atoms with Crippen LogP contribution in [0.4, 0.5) is 4.79 Å². The van der Waals surface area contributed by atoms with Crippen LogP contribution >= 0.6 is 0 Å². The number of ether oxygens (including phenoxy) is 2. The van der Waals surface area contributed by atoms with E-state index in [0.29, 0.717) is 55.7 Å². The number of unbranched alkanes of at least 4 members (excludes halogenated alkanes) is 2. The molecule has 18 heteroatoms. The fourth-order valence-electron chi connectivity index (χ4n) is 9.01. The summed E-state index contributed by atoms with van der Waals surface area (Å²) in [7, 11) is 1.72. The molecule has 328 valence electrons. The maximum absolute atomic E-state index is 15.2. The number of sulfonamides is 1. The maximum Gasteiger partial charge on any atom is 0.408 e. The number of amides is 4. The average molecular weight is 852 g/mol. The second-order valence-corrected chi connectivity index (χ2v) is 19.4. The fourth-order valence-corrected chi connectivity index (χ4v) is 10.4. The summed E-state index contributed by atoms with van der Waals surface area (Å²) in [5, 5.41) is 18.9. The number of carbonyl (C=O) groups excluding carboxylic acids is 4. The Balaban J connectivity index is 1.24. The van der Waals surface area contributed by atoms with E-state index in [1.165, 1.54) is 4.80 Å². The Morgan fingerprint density at radius 3 is 2.45 bits per heavy atom. The summed E-state index contributed by atoms with van der Waals surface area (Å²) in [5.41, 5.74) is -0.809. The number of allylic oxidation sites excluding steroid dienone is 1. The average Bonchev–Trinajstić information content (AvgIpc) is 4.00. The van der Waals surface area contributed by atoms with Gasteiger partial charge in [0.15, 0.2) is 0 Å². The fraction of sp³-hybridized carbons (Fsp3) is 0.690. The Hall–Kier alpha value is -4.58. The minimum Gasteiger partial charge on any atom is -0.497 e. The van der Waals surface area contributed by atoms with Gasteiger partial charge in [-0.3, -0.25) is 19.1 Å².